The molecule has 1 aliphatic carbocycles. The van der Waals surface area contributed by atoms with Gasteiger partial charge < -0.3 is 14.7 Å². The Morgan fingerprint density at radius 2 is 1.97 bits per heavy atom. The number of carbonyl (C=O) groups is 2. The summed E-state index contributed by atoms with van der Waals surface area (Å²) in [4.78, 5) is 32.7. The summed E-state index contributed by atoms with van der Waals surface area (Å²) in [7, 11) is 0. The van der Waals surface area contributed by atoms with E-state index in [4.69, 9.17) is 4.74 Å². The first-order chi connectivity index (χ1) is 16.5. The standard InChI is InChI=1S/C28H36N2O4S/c1-19-9-11-21(12-10-19)26(31)30(20(2)14-17-34-24-8-6-7-16-29-24)23-18-22(13-15-28(3,4)5)35-25(23)27(32)33/h6-8,16,18-21H,9-12,14,17H2,1-5H3,(H,32,33). The van der Waals surface area contributed by atoms with Gasteiger partial charge in [0.15, 0.2) is 0 Å². The third-order valence-corrected chi connectivity index (χ3v) is 7.22. The van der Waals surface area contributed by atoms with Crippen molar-refractivity contribution >= 4 is 28.9 Å². The Balaban J connectivity index is 1.90. The number of hydrogen-bond donors (Lipinski definition) is 1. The van der Waals surface area contributed by atoms with Gasteiger partial charge in [-0.25, -0.2) is 9.78 Å². The van der Waals surface area contributed by atoms with Crippen LogP contribution in [-0.2, 0) is 4.79 Å². The molecular formula is C28H36N2O4S. The lowest BCUT2D eigenvalue weighted by atomic mass is 9.82. The van der Waals surface area contributed by atoms with Gasteiger partial charge in [0.1, 0.15) is 4.88 Å². The number of carboxylic acid groups (broad SMARTS) is 1. The van der Waals surface area contributed by atoms with Crippen molar-refractivity contribution in [3.05, 3.63) is 40.2 Å². The summed E-state index contributed by atoms with van der Waals surface area (Å²) in [6.07, 6.45) is 5.90. The van der Waals surface area contributed by atoms with Crippen molar-refractivity contribution in [2.24, 2.45) is 17.3 Å². The molecule has 0 saturated heterocycles. The Labute approximate surface area is 212 Å². The number of aromatic nitrogens is 1. The van der Waals surface area contributed by atoms with E-state index in [1.165, 1.54) is 0 Å². The van der Waals surface area contributed by atoms with Crippen LogP contribution in [0.15, 0.2) is 30.5 Å². The molecule has 0 aliphatic heterocycles. The lowest BCUT2D eigenvalue weighted by Gasteiger charge is -2.34. The maximum Gasteiger partial charge on any atom is 0.348 e. The third kappa shape index (κ3) is 7.57. The maximum absolute atomic E-state index is 13.8. The van der Waals surface area contributed by atoms with Gasteiger partial charge >= 0.3 is 5.97 Å². The first kappa shape index (κ1) is 26.7. The fourth-order valence-corrected chi connectivity index (χ4v) is 5.04. The molecule has 1 unspecified atom stereocenters. The predicted molar refractivity (Wildman–Crippen MR) is 140 cm³/mol. The summed E-state index contributed by atoms with van der Waals surface area (Å²) >= 11 is 1.13. The van der Waals surface area contributed by atoms with Gasteiger partial charge in [-0.2, -0.15) is 0 Å². The number of pyridine rings is 1. The zero-order valence-corrected chi connectivity index (χ0v) is 22.2. The molecule has 0 spiro atoms. The van der Waals surface area contributed by atoms with Gasteiger partial charge in [0.2, 0.25) is 11.8 Å². The van der Waals surface area contributed by atoms with Crippen LogP contribution in [0.5, 0.6) is 5.88 Å². The van der Waals surface area contributed by atoms with E-state index < -0.39 is 5.97 Å². The quantitative estimate of drug-likeness (QED) is 0.437. The number of carboxylic acids is 1. The zero-order chi connectivity index (χ0) is 25.6. The van der Waals surface area contributed by atoms with Crippen LogP contribution in [0, 0.1) is 29.1 Å². The van der Waals surface area contributed by atoms with Crippen molar-refractivity contribution in [1.82, 2.24) is 4.98 Å². The molecule has 1 N–H and O–H groups in total. The molecule has 7 heteroatoms. The molecule has 6 nitrogen and oxygen atoms in total. The molecule has 0 aromatic carbocycles. The van der Waals surface area contributed by atoms with Crippen LogP contribution < -0.4 is 9.64 Å². The fourth-order valence-electron chi connectivity index (χ4n) is 4.20. The van der Waals surface area contributed by atoms with Crippen molar-refractivity contribution in [2.45, 2.75) is 72.8 Å². The Hall–Kier alpha value is -2.85. The lowest BCUT2D eigenvalue weighted by molar-refractivity contribution is -0.124. The van der Waals surface area contributed by atoms with E-state index in [1.807, 2.05) is 39.8 Å². The topological polar surface area (TPSA) is 79.7 Å². The molecule has 1 fully saturated rings. The number of rotatable bonds is 8. The summed E-state index contributed by atoms with van der Waals surface area (Å²) in [5.74, 6) is 6.29. The molecule has 0 bridgehead atoms. The van der Waals surface area contributed by atoms with E-state index in [9.17, 15) is 14.7 Å². The molecule has 188 valence electrons. The van der Waals surface area contributed by atoms with Gasteiger partial charge in [-0.15, -0.1) is 11.3 Å². The second kappa shape index (κ2) is 11.7. The molecule has 2 aromatic rings. The smallest absolute Gasteiger partial charge is 0.348 e. The summed E-state index contributed by atoms with van der Waals surface area (Å²) in [6, 6.07) is 6.99. The SMILES string of the molecule is CC1CCC(C(=O)N(c2cc(C#CC(C)(C)C)sc2C(=O)O)C(C)CCOc2ccccn2)CC1. The number of hydrogen-bond acceptors (Lipinski definition) is 5. The van der Waals surface area contributed by atoms with Crippen LogP contribution in [0.3, 0.4) is 0 Å². The molecule has 1 saturated carbocycles. The summed E-state index contributed by atoms with van der Waals surface area (Å²) < 4.78 is 5.78. The van der Waals surface area contributed by atoms with Crippen molar-refractivity contribution in [1.29, 1.82) is 0 Å². The van der Waals surface area contributed by atoms with Gasteiger partial charge in [-0.3, -0.25) is 4.79 Å². The number of amides is 1. The minimum Gasteiger partial charge on any atom is -0.478 e. The largest absolute Gasteiger partial charge is 0.478 e. The van der Waals surface area contributed by atoms with E-state index in [2.05, 4.69) is 23.7 Å². The van der Waals surface area contributed by atoms with Crippen molar-refractivity contribution < 1.29 is 19.4 Å². The zero-order valence-electron chi connectivity index (χ0n) is 21.3. The van der Waals surface area contributed by atoms with Crippen molar-refractivity contribution in [2.75, 3.05) is 11.5 Å². The van der Waals surface area contributed by atoms with Crippen LogP contribution in [-0.4, -0.2) is 34.6 Å². The van der Waals surface area contributed by atoms with Crippen LogP contribution in [0.2, 0.25) is 0 Å². The normalized spacial score (nSPS) is 18.8. The number of nitrogens with zero attached hydrogens (tertiary/aromatic N) is 2. The number of aromatic carboxylic acids is 1. The van der Waals surface area contributed by atoms with E-state index in [0.29, 0.717) is 35.4 Å². The average Bonchev–Trinajstić information content (AvgIpc) is 3.23. The monoisotopic (exact) mass is 496 g/mol. The van der Waals surface area contributed by atoms with Crippen molar-refractivity contribution in [3.8, 4) is 17.7 Å². The Bertz CT molecular complexity index is 1070. The molecule has 0 radical (unpaired) electrons. The first-order valence-corrected chi connectivity index (χ1v) is 13.1. The number of anilines is 1. The number of ether oxygens (including phenoxy) is 1. The first-order valence-electron chi connectivity index (χ1n) is 12.3. The van der Waals surface area contributed by atoms with Gasteiger partial charge in [0.25, 0.3) is 0 Å². The highest BCUT2D eigenvalue weighted by Gasteiger charge is 2.34. The van der Waals surface area contributed by atoms with E-state index in [1.54, 1.807) is 23.2 Å². The second-order valence-electron chi connectivity index (χ2n) is 10.4. The van der Waals surface area contributed by atoms with Gasteiger partial charge in [-0.1, -0.05) is 24.8 Å². The molecule has 3 rings (SSSR count). The Morgan fingerprint density at radius 1 is 1.26 bits per heavy atom. The van der Waals surface area contributed by atoms with Crippen LogP contribution >= 0.6 is 11.3 Å². The molecular weight excluding hydrogens is 460 g/mol. The highest BCUT2D eigenvalue weighted by molar-refractivity contribution is 7.15. The van der Waals surface area contributed by atoms with Crippen molar-refractivity contribution in [3.63, 3.8) is 0 Å². The maximum atomic E-state index is 13.8. The molecule has 1 amide bonds. The fraction of sp³-hybridized carbons (Fsp3) is 0.536. The van der Waals surface area contributed by atoms with Gasteiger partial charge in [0, 0.05) is 36.1 Å². The summed E-state index contributed by atoms with van der Waals surface area (Å²) in [5, 5.41) is 9.98. The lowest BCUT2D eigenvalue weighted by Crippen LogP contribution is -2.44. The summed E-state index contributed by atoms with van der Waals surface area (Å²) in [6.45, 7) is 10.6. The highest BCUT2D eigenvalue weighted by Crippen LogP contribution is 2.36. The van der Waals surface area contributed by atoms with Gasteiger partial charge in [-0.05, 0) is 71.4 Å². The number of carbonyl (C=O) groups excluding carboxylic acids is 1. The second-order valence-corrected chi connectivity index (χ2v) is 11.5. The van der Waals surface area contributed by atoms with Crippen LogP contribution in [0.25, 0.3) is 0 Å². The third-order valence-electron chi connectivity index (χ3n) is 6.19. The molecule has 35 heavy (non-hydrogen) atoms. The molecule has 1 aliphatic rings. The molecule has 2 aromatic heterocycles. The highest BCUT2D eigenvalue weighted by atomic mass is 32.1. The van der Waals surface area contributed by atoms with E-state index in [-0.39, 0.29) is 28.2 Å². The minimum absolute atomic E-state index is 0.00198. The van der Waals surface area contributed by atoms with E-state index >= 15 is 0 Å². The van der Waals surface area contributed by atoms with E-state index in [0.717, 1.165) is 37.0 Å². The van der Waals surface area contributed by atoms with Crippen LogP contribution in [0.1, 0.15) is 81.3 Å². The molecule has 1 atom stereocenters. The molecule has 2 heterocycles. The van der Waals surface area contributed by atoms with Gasteiger partial charge in [0.05, 0.1) is 17.2 Å². The van der Waals surface area contributed by atoms with Crippen LogP contribution in [0.4, 0.5) is 5.69 Å². The minimum atomic E-state index is -1.04. The number of thiophene rings is 1. The Kier molecular flexibility index (Phi) is 8.96. The predicted octanol–water partition coefficient (Wildman–Crippen LogP) is 6.26. The average molecular weight is 497 g/mol. The Morgan fingerprint density at radius 3 is 2.57 bits per heavy atom. The summed E-state index contributed by atoms with van der Waals surface area (Å²) in [5.41, 5.74) is 0.229.